The van der Waals surface area contributed by atoms with Crippen LogP contribution in [-0.2, 0) is 4.74 Å². The molecule has 1 aromatic rings. The third kappa shape index (κ3) is 3.77. The summed E-state index contributed by atoms with van der Waals surface area (Å²) in [6.45, 7) is 5.76. The van der Waals surface area contributed by atoms with Crippen molar-refractivity contribution >= 4 is 0 Å². The van der Waals surface area contributed by atoms with Crippen LogP contribution in [0.1, 0.15) is 44.7 Å². The third-order valence-electron chi connectivity index (χ3n) is 3.90. The Morgan fingerprint density at radius 2 is 2.05 bits per heavy atom. The minimum absolute atomic E-state index is 0.103. The molecule has 1 atom stereocenters. The predicted octanol–water partition coefficient (Wildman–Crippen LogP) is 3.68. The van der Waals surface area contributed by atoms with Gasteiger partial charge in [0.1, 0.15) is 5.82 Å². The molecule has 19 heavy (non-hydrogen) atoms. The molecule has 1 unspecified atom stereocenters. The Balaban J connectivity index is 1.93. The molecule has 1 fully saturated rings. The third-order valence-corrected chi connectivity index (χ3v) is 3.90. The van der Waals surface area contributed by atoms with Crippen LogP contribution in [0.5, 0.6) is 0 Å². The van der Waals surface area contributed by atoms with Crippen molar-refractivity contribution in [3.63, 3.8) is 0 Å². The van der Waals surface area contributed by atoms with E-state index in [1.807, 2.05) is 19.1 Å². The van der Waals surface area contributed by atoms with Gasteiger partial charge in [-0.2, -0.15) is 0 Å². The largest absolute Gasteiger partial charge is 0.378 e. The standard InChI is InChI=1S/C16H24FNO/c1-3-18-16(14-7-5-6-8-15(14)17)11-12-9-13(10-12)19-4-2/h5-8,12-13,16,18H,3-4,9-11H2,1-2H3. The van der Waals surface area contributed by atoms with Crippen molar-refractivity contribution in [2.45, 2.75) is 45.3 Å². The minimum Gasteiger partial charge on any atom is -0.378 e. The first-order valence-corrected chi connectivity index (χ1v) is 7.34. The fraction of sp³-hybridized carbons (Fsp3) is 0.625. The van der Waals surface area contributed by atoms with E-state index in [2.05, 4.69) is 12.2 Å². The van der Waals surface area contributed by atoms with Crippen molar-refractivity contribution in [1.29, 1.82) is 0 Å². The molecule has 2 rings (SSSR count). The van der Waals surface area contributed by atoms with Crippen LogP contribution in [0.15, 0.2) is 24.3 Å². The first-order valence-electron chi connectivity index (χ1n) is 7.34. The van der Waals surface area contributed by atoms with Crippen molar-refractivity contribution in [3.05, 3.63) is 35.6 Å². The highest BCUT2D eigenvalue weighted by atomic mass is 19.1. The number of rotatable bonds is 7. The molecule has 1 aromatic carbocycles. The highest BCUT2D eigenvalue weighted by Gasteiger charge is 2.32. The Labute approximate surface area is 115 Å². The molecular formula is C16H24FNO. The van der Waals surface area contributed by atoms with Gasteiger partial charge in [0.2, 0.25) is 0 Å². The lowest BCUT2D eigenvalue weighted by Gasteiger charge is -2.37. The molecule has 3 heteroatoms. The molecule has 0 bridgehead atoms. The zero-order chi connectivity index (χ0) is 13.7. The Hall–Kier alpha value is -0.930. The maximum Gasteiger partial charge on any atom is 0.127 e. The normalized spacial score (nSPS) is 23.9. The summed E-state index contributed by atoms with van der Waals surface area (Å²) in [4.78, 5) is 0. The second-order valence-corrected chi connectivity index (χ2v) is 5.28. The number of ether oxygens (including phenoxy) is 1. The summed E-state index contributed by atoms with van der Waals surface area (Å²) < 4.78 is 19.5. The van der Waals surface area contributed by atoms with Crippen LogP contribution in [0.4, 0.5) is 4.39 Å². The number of nitrogens with one attached hydrogen (secondary N) is 1. The van der Waals surface area contributed by atoms with Gasteiger partial charge >= 0.3 is 0 Å². The summed E-state index contributed by atoms with van der Waals surface area (Å²) in [6, 6.07) is 7.21. The van der Waals surface area contributed by atoms with Gasteiger partial charge in [-0.05, 0) is 44.7 Å². The Bertz CT molecular complexity index is 390. The van der Waals surface area contributed by atoms with E-state index < -0.39 is 0 Å². The molecule has 1 aliphatic rings. The fourth-order valence-electron chi connectivity index (χ4n) is 2.90. The van der Waals surface area contributed by atoms with Crippen LogP contribution >= 0.6 is 0 Å². The maximum atomic E-state index is 13.9. The van der Waals surface area contributed by atoms with Gasteiger partial charge in [-0.25, -0.2) is 4.39 Å². The molecule has 0 heterocycles. The van der Waals surface area contributed by atoms with Gasteiger partial charge in [-0.15, -0.1) is 0 Å². The van der Waals surface area contributed by atoms with Crippen LogP contribution in [0, 0.1) is 11.7 Å². The van der Waals surface area contributed by atoms with Crippen molar-refractivity contribution in [2.24, 2.45) is 5.92 Å². The van der Waals surface area contributed by atoms with Gasteiger partial charge in [0, 0.05) is 18.2 Å². The molecule has 0 aliphatic heterocycles. The first-order chi connectivity index (χ1) is 9.24. The van der Waals surface area contributed by atoms with Crippen molar-refractivity contribution in [2.75, 3.05) is 13.2 Å². The van der Waals surface area contributed by atoms with Gasteiger partial charge in [0.25, 0.3) is 0 Å². The number of benzene rings is 1. The molecule has 1 aliphatic carbocycles. The zero-order valence-electron chi connectivity index (χ0n) is 11.9. The van der Waals surface area contributed by atoms with Crippen molar-refractivity contribution in [3.8, 4) is 0 Å². The van der Waals surface area contributed by atoms with E-state index in [9.17, 15) is 4.39 Å². The molecule has 1 saturated carbocycles. The molecule has 2 nitrogen and oxygen atoms in total. The molecule has 106 valence electrons. The Morgan fingerprint density at radius 1 is 1.32 bits per heavy atom. The average molecular weight is 265 g/mol. The zero-order valence-corrected chi connectivity index (χ0v) is 11.9. The topological polar surface area (TPSA) is 21.3 Å². The molecular weight excluding hydrogens is 241 g/mol. The monoisotopic (exact) mass is 265 g/mol. The number of halogens is 1. The number of hydrogen-bond acceptors (Lipinski definition) is 2. The Morgan fingerprint density at radius 3 is 2.68 bits per heavy atom. The SMILES string of the molecule is CCNC(CC1CC(OCC)C1)c1ccccc1F. The van der Waals surface area contributed by atoms with E-state index in [0.29, 0.717) is 12.0 Å². The lowest BCUT2D eigenvalue weighted by molar-refractivity contribution is -0.0291. The smallest absolute Gasteiger partial charge is 0.127 e. The van der Waals surface area contributed by atoms with E-state index in [1.165, 1.54) is 0 Å². The van der Waals surface area contributed by atoms with E-state index in [-0.39, 0.29) is 11.9 Å². The molecule has 1 N–H and O–H groups in total. The van der Waals surface area contributed by atoms with E-state index in [0.717, 1.165) is 38.0 Å². The average Bonchev–Trinajstić information content (AvgIpc) is 2.36. The summed E-state index contributed by atoms with van der Waals surface area (Å²) in [6.07, 6.45) is 3.66. The highest BCUT2D eigenvalue weighted by molar-refractivity contribution is 5.21. The quantitative estimate of drug-likeness (QED) is 0.812. The molecule has 0 spiro atoms. The van der Waals surface area contributed by atoms with Crippen molar-refractivity contribution < 1.29 is 9.13 Å². The summed E-state index contributed by atoms with van der Waals surface area (Å²) in [7, 11) is 0. The molecule has 0 saturated heterocycles. The van der Waals surface area contributed by atoms with Gasteiger partial charge < -0.3 is 10.1 Å². The van der Waals surface area contributed by atoms with E-state index in [1.54, 1.807) is 12.1 Å². The lowest BCUT2D eigenvalue weighted by atomic mass is 9.77. The summed E-state index contributed by atoms with van der Waals surface area (Å²) >= 11 is 0. The summed E-state index contributed by atoms with van der Waals surface area (Å²) in [5, 5.41) is 3.40. The predicted molar refractivity (Wildman–Crippen MR) is 75.6 cm³/mol. The molecule has 0 amide bonds. The highest BCUT2D eigenvalue weighted by Crippen LogP contribution is 2.37. The lowest BCUT2D eigenvalue weighted by Crippen LogP contribution is -2.35. The second-order valence-electron chi connectivity index (χ2n) is 5.28. The van der Waals surface area contributed by atoms with Crippen LogP contribution in [0.3, 0.4) is 0 Å². The molecule has 0 aromatic heterocycles. The van der Waals surface area contributed by atoms with Crippen molar-refractivity contribution in [1.82, 2.24) is 5.32 Å². The fourth-order valence-corrected chi connectivity index (χ4v) is 2.90. The maximum absolute atomic E-state index is 13.9. The van der Waals surface area contributed by atoms with Gasteiger partial charge in [-0.1, -0.05) is 25.1 Å². The van der Waals surface area contributed by atoms with Crippen LogP contribution in [-0.4, -0.2) is 19.3 Å². The van der Waals surface area contributed by atoms with E-state index >= 15 is 0 Å². The minimum atomic E-state index is -0.103. The molecule has 0 radical (unpaired) electrons. The van der Waals surface area contributed by atoms with Gasteiger partial charge in [0.05, 0.1) is 6.10 Å². The Kier molecular flexibility index (Phi) is 5.34. The van der Waals surface area contributed by atoms with Gasteiger partial charge in [-0.3, -0.25) is 0 Å². The number of hydrogen-bond donors (Lipinski definition) is 1. The van der Waals surface area contributed by atoms with Crippen LogP contribution in [0.25, 0.3) is 0 Å². The van der Waals surface area contributed by atoms with Crippen LogP contribution in [0.2, 0.25) is 0 Å². The van der Waals surface area contributed by atoms with E-state index in [4.69, 9.17) is 4.74 Å². The second kappa shape index (κ2) is 7.01. The summed E-state index contributed by atoms with van der Waals surface area (Å²) in [5.41, 5.74) is 0.796. The van der Waals surface area contributed by atoms with Crippen LogP contribution < -0.4 is 5.32 Å². The summed E-state index contributed by atoms with van der Waals surface area (Å²) in [5.74, 6) is 0.550. The van der Waals surface area contributed by atoms with Gasteiger partial charge in [0.15, 0.2) is 0 Å². The first kappa shape index (κ1) is 14.5.